The number of aliphatic carboxylic acids is 1. The number of alkyl carbamates (subject to hydrolysis) is 1. The van der Waals surface area contributed by atoms with Crippen molar-refractivity contribution in [2.24, 2.45) is 0 Å². The lowest BCUT2D eigenvalue weighted by Crippen LogP contribution is -2.44. The fourth-order valence-corrected chi connectivity index (χ4v) is 5.92. The van der Waals surface area contributed by atoms with Crippen molar-refractivity contribution in [3.8, 4) is 22.3 Å². The summed E-state index contributed by atoms with van der Waals surface area (Å²) in [5.41, 5.74) is 8.24. The third kappa shape index (κ3) is 8.64. The molecule has 10 heteroatoms. The van der Waals surface area contributed by atoms with Crippen LogP contribution in [-0.2, 0) is 19.1 Å². The van der Waals surface area contributed by atoms with Gasteiger partial charge in [-0.3, -0.25) is 14.9 Å². The van der Waals surface area contributed by atoms with Gasteiger partial charge in [-0.1, -0.05) is 60.7 Å². The van der Waals surface area contributed by atoms with Gasteiger partial charge in [-0.05, 0) is 110 Å². The Morgan fingerprint density at radius 2 is 1.29 bits per heavy atom. The van der Waals surface area contributed by atoms with Crippen LogP contribution < -0.4 is 16.0 Å². The largest absolute Gasteiger partial charge is 0.481 e. The number of hydrogen-bond acceptors (Lipinski definition) is 6. The summed E-state index contributed by atoms with van der Waals surface area (Å²) < 4.78 is 11.0. The number of rotatable bonds is 10. The van der Waals surface area contributed by atoms with Gasteiger partial charge in [-0.15, -0.1) is 0 Å². The van der Waals surface area contributed by atoms with E-state index in [1.165, 1.54) is 0 Å². The number of carboxylic acid groups (broad SMARTS) is 1. The number of carboxylic acids is 1. The molecule has 0 aliphatic heterocycles. The van der Waals surface area contributed by atoms with Crippen LogP contribution in [-0.4, -0.2) is 47.4 Å². The van der Waals surface area contributed by atoms with E-state index in [9.17, 15) is 24.3 Å². The zero-order valence-electron chi connectivity index (χ0n) is 28.3. The molecule has 4 aromatic carbocycles. The third-order valence-corrected chi connectivity index (χ3v) is 8.28. The Morgan fingerprint density at radius 3 is 1.80 bits per heavy atom. The van der Waals surface area contributed by atoms with Gasteiger partial charge in [0.15, 0.2) is 0 Å². The highest BCUT2D eigenvalue weighted by molar-refractivity contribution is 5.97. The summed E-state index contributed by atoms with van der Waals surface area (Å²) in [5.74, 6) is -1.80. The number of amides is 3. The molecule has 0 fully saturated rings. The molecule has 1 aliphatic carbocycles. The number of nitrogens with one attached hydrogen (secondary N) is 3. The molecule has 0 aromatic heterocycles. The van der Waals surface area contributed by atoms with E-state index in [0.29, 0.717) is 11.4 Å². The predicted octanol–water partition coefficient (Wildman–Crippen LogP) is 8.03. The van der Waals surface area contributed by atoms with Crippen molar-refractivity contribution in [1.82, 2.24) is 5.32 Å². The summed E-state index contributed by atoms with van der Waals surface area (Å²) in [6.07, 6.45) is -1.78. The van der Waals surface area contributed by atoms with E-state index in [0.717, 1.165) is 44.5 Å². The number of ether oxygens (including phenoxy) is 2. The van der Waals surface area contributed by atoms with Gasteiger partial charge in [-0.25, -0.2) is 9.59 Å². The van der Waals surface area contributed by atoms with Crippen molar-refractivity contribution >= 4 is 35.4 Å². The summed E-state index contributed by atoms with van der Waals surface area (Å²) in [7, 11) is 0. The van der Waals surface area contributed by atoms with Gasteiger partial charge < -0.3 is 25.2 Å². The molecule has 0 spiro atoms. The van der Waals surface area contributed by atoms with Gasteiger partial charge in [-0.2, -0.15) is 0 Å². The molecule has 4 N–H and O–H groups in total. The quantitative estimate of drug-likeness (QED) is 0.135. The molecule has 0 bridgehead atoms. The summed E-state index contributed by atoms with van der Waals surface area (Å²) in [6, 6.07) is 26.0. The molecule has 1 atom stereocenters. The molecular formula is C39H41N3O7. The first-order chi connectivity index (χ1) is 23.3. The Bertz CT molecular complexity index is 1850. The van der Waals surface area contributed by atoms with E-state index in [-0.39, 0.29) is 25.4 Å². The molecule has 49 heavy (non-hydrogen) atoms. The minimum Gasteiger partial charge on any atom is -0.481 e. The predicted molar refractivity (Wildman–Crippen MR) is 189 cm³/mol. The number of carbonyl (C=O) groups excluding carboxylic acids is 3. The standard InChI is InChI=1S/C39H41N3O7/c1-23-20-25(26-15-17-33(24(2)21-26)41-38(47)49-39(3,4)5)14-16-32(23)40-36(45)34(18-19-35(43)44)42-37(46)48-22-31-29-12-8-6-10-27(29)28-11-7-9-13-30(28)31/h6-17,20-21,31,34H,18-19,22H2,1-5H3,(H,40,45)(H,41,47)(H,42,46)(H,43,44). The van der Waals surface area contributed by atoms with Crippen molar-refractivity contribution in [2.75, 3.05) is 17.2 Å². The van der Waals surface area contributed by atoms with Crippen LogP contribution >= 0.6 is 0 Å². The Balaban J connectivity index is 1.23. The Kier molecular flexibility index (Phi) is 10.4. The second kappa shape index (κ2) is 14.6. The average Bonchev–Trinajstić information content (AvgIpc) is 3.36. The van der Waals surface area contributed by atoms with Crippen LogP contribution in [0.1, 0.15) is 61.8 Å². The van der Waals surface area contributed by atoms with Gasteiger partial charge in [0.25, 0.3) is 0 Å². The third-order valence-electron chi connectivity index (χ3n) is 8.28. The van der Waals surface area contributed by atoms with E-state index in [1.54, 1.807) is 26.8 Å². The minimum atomic E-state index is -1.14. The molecule has 254 valence electrons. The van der Waals surface area contributed by atoms with Gasteiger partial charge in [0.1, 0.15) is 18.2 Å². The zero-order valence-corrected chi connectivity index (χ0v) is 28.3. The molecule has 4 aromatic rings. The second-order valence-electron chi connectivity index (χ2n) is 13.1. The smallest absolute Gasteiger partial charge is 0.412 e. The van der Waals surface area contributed by atoms with E-state index < -0.39 is 35.7 Å². The van der Waals surface area contributed by atoms with Crippen LogP contribution in [0, 0.1) is 13.8 Å². The summed E-state index contributed by atoms with van der Waals surface area (Å²) in [5, 5.41) is 17.5. The van der Waals surface area contributed by atoms with Crippen molar-refractivity contribution in [3.05, 3.63) is 107 Å². The maximum atomic E-state index is 13.4. The maximum Gasteiger partial charge on any atom is 0.412 e. The number of fused-ring (bicyclic) bond motifs is 3. The normalized spacial score (nSPS) is 12.7. The number of carbonyl (C=O) groups is 4. The molecule has 10 nitrogen and oxygen atoms in total. The van der Waals surface area contributed by atoms with Gasteiger partial charge in [0, 0.05) is 23.7 Å². The first kappa shape index (κ1) is 34.7. The zero-order chi connectivity index (χ0) is 35.3. The first-order valence-electron chi connectivity index (χ1n) is 16.1. The van der Waals surface area contributed by atoms with Gasteiger partial charge in [0.05, 0.1) is 0 Å². The fraction of sp³-hybridized carbons (Fsp3) is 0.282. The molecule has 0 saturated carbocycles. The molecule has 1 unspecified atom stereocenters. The summed E-state index contributed by atoms with van der Waals surface area (Å²) in [4.78, 5) is 50.0. The molecule has 5 rings (SSSR count). The highest BCUT2D eigenvalue weighted by Crippen LogP contribution is 2.44. The van der Waals surface area contributed by atoms with Crippen molar-refractivity contribution in [1.29, 1.82) is 0 Å². The summed E-state index contributed by atoms with van der Waals surface area (Å²) >= 11 is 0. The SMILES string of the molecule is Cc1cc(-c2ccc(NC(=O)C(CCC(=O)O)NC(=O)OCC3c4ccccc4-c4ccccc43)c(C)c2)ccc1NC(=O)OC(C)(C)C. The van der Waals surface area contributed by atoms with E-state index in [2.05, 4.69) is 16.0 Å². The van der Waals surface area contributed by atoms with Crippen LogP contribution in [0.25, 0.3) is 22.3 Å². The topological polar surface area (TPSA) is 143 Å². The van der Waals surface area contributed by atoms with Crippen LogP contribution in [0.5, 0.6) is 0 Å². The van der Waals surface area contributed by atoms with E-state index in [4.69, 9.17) is 9.47 Å². The molecule has 0 radical (unpaired) electrons. The van der Waals surface area contributed by atoms with E-state index >= 15 is 0 Å². The number of hydrogen-bond donors (Lipinski definition) is 4. The lowest BCUT2D eigenvalue weighted by Gasteiger charge is -2.20. The minimum absolute atomic E-state index is 0.0607. The molecule has 3 amide bonds. The molecule has 0 saturated heterocycles. The Hall–Kier alpha value is -5.64. The van der Waals surface area contributed by atoms with Crippen LogP contribution in [0.2, 0.25) is 0 Å². The summed E-state index contributed by atoms with van der Waals surface area (Å²) in [6.45, 7) is 9.19. The Labute approximate surface area is 285 Å². The molecule has 1 aliphatic rings. The highest BCUT2D eigenvalue weighted by atomic mass is 16.6. The van der Waals surface area contributed by atoms with Gasteiger partial charge >= 0.3 is 18.2 Å². The van der Waals surface area contributed by atoms with Crippen LogP contribution in [0.15, 0.2) is 84.9 Å². The number of aryl methyl sites for hydroxylation is 2. The van der Waals surface area contributed by atoms with Crippen LogP contribution in [0.4, 0.5) is 21.0 Å². The van der Waals surface area contributed by atoms with Crippen LogP contribution in [0.3, 0.4) is 0 Å². The Morgan fingerprint density at radius 1 is 0.755 bits per heavy atom. The van der Waals surface area contributed by atoms with Crippen molar-refractivity contribution in [3.63, 3.8) is 0 Å². The lowest BCUT2D eigenvalue weighted by atomic mass is 9.98. The number of benzene rings is 4. The molecular weight excluding hydrogens is 622 g/mol. The number of anilines is 2. The maximum absolute atomic E-state index is 13.4. The van der Waals surface area contributed by atoms with Gasteiger partial charge in [0.2, 0.25) is 5.91 Å². The lowest BCUT2D eigenvalue weighted by molar-refractivity contribution is -0.137. The first-order valence-corrected chi connectivity index (χ1v) is 16.1. The average molecular weight is 664 g/mol. The monoisotopic (exact) mass is 663 g/mol. The molecule has 0 heterocycles. The van der Waals surface area contributed by atoms with E-state index in [1.807, 2.05) is 92.7 Å². The highest BCUT2D eigenvalue weighted by Gasteiger charge is 2.30. The fourth-order valence-electron chi connectivity index (χ4n) is 5.92. The van der Waals surface area contributed by atoms with Crippen molar-refractivity contribution in [2.45, 2.75) is 65.0 Å². The second-order valence-corrected chi connectivity index (χ2v) is 13.1. The van der Waals surface area contributed by atoms with Crippen molar-refractivity contribution < 1.29 is 33.8 Å².